The maximum Gasteiger partial charge on any atom is 0.326 e. The molecule has 0 saturated heterocycles. The molecule has 0 aliphatic carbocycles. The standard InChI is InChI=1S/C19H32N6O5S/c1-10(2)15(25-17(27)13(20)5-6-31-4)18(28)23-11(3)16(26)24-14(19(29)30)7-12-8-21-9-22-12/h8-11,13-15H,5-7,20H2,1-4H3,(H,21,22)(H,23,28)(H,24,26)(H,25,27)(H,29,30). The van der Waals surface area contributed by atoms with Crippen LogP contribution in [0.4, 0.5) is 0 Å². The highest BCUT2D eigenvalue weighted by Crippen LogP contribution is 2.05. The zero-order chi connectivity index (χ0) is 23.6. The number of aromatic nitrogens is 2. The van der Waals surface area contributed by atoms with Crippen LogP contribution in [-0.2, 0) is 25.6 Å². The van der Waals surface area contributed by atoms with Crippen molar-refractivity contribution in [1.82, 2.24) is 25.9 Å². The normalized spacial score (nSPS) is 14.9. The molecule has 4 atom stereocenters. The van der Waals surface area contributed by atoms with Crippen LogP contribution in [0.5, 0.6) is 0 Å². The van der Waals surface area contributed by atoms with Crippen molar-refractivity contribution < 1.29 is 24.3 Å². The van der Waals surface area contributed by atoms with Crippen molar-refractivity contribution in [3.63, 3.8) is 0 Å². The number of H-pyrrole nitrogens is 1. The number of carboxylic acids is 1. The van der Waals surface area contributed by atoms with Crippen LogP contribution in [-0.4, -0.2) is 74.9 Å². The number of carbonyl (C=O) groups is 4. The van der Waals surface area contributed by atoms with Crippen molar-refractivity contribution in [3.8, 4) is 0 Å². The lowest BCUT2D eigenvalue weighted by Gasteiger charge is -2.25. The summed E-state index contributed by atoms with van der Waals surface area (Å²) in [6.45, 7) is 4.95. The number of amides is 3. The van der Waals surface area contributed by atoms with Crippen LogP contribution >= 0.6 is 11.8 Å². The zero-order valence-electron chi connectivity index (χ0n) is 18.2. The number of carbonyl (C=O) groups excluding carboxylic acids is 3. The van der Waals surface area contributed by atoms with Crippen molar-refractivity contribution in [2.75, 3.05) is 12.0 Å². The molecule has 1 heterocycles. The number of hydrogen-bond acceptors (Lipinski definition) is 7. The molecule has 0 bridgehead atoms. The van der Waals surface area contributed by atoms with Crippen molar-refractivity contribution in [1.29, 1.82) is 0 Å². The number of carboxylic acid groups (broad SMARTS) is 1. The Kier molecular flexibility index (Phi) is 11.0. The molecule has 11 nitrogen and oxygen atoms in total. The lowest BCUT2D eigenvalue weighted by atomic mass is 10.0. The number of imidazole rings is 1. The second kappa shape index (κ2) is 13.0. The molecule has 1 rings (SSSR count). The Balaban J connectivity index is 2.69. The molecule has 31 heavy (non-hydrogen) atoms. The summed E-state index contributed by atoms with van der Waals surface area (Å²) in [5.74, 6) is -2.40. The predicted octanol–water partition coefficient (Wildman–Crippen LogP) is -0.752. The van der Waals surface area contributed by atoms with Gasteiger partial charge in [0, 0.05) is 18.3 Å². The fourth-order valence-electron chi connectivity index (χ4n) is 2.65. The van der Waals surface area contributed by atoms with Gasteiger partial charge in [0.2, 0.25) is 17.7 Å². The molecule has 174 valence electrons. The largest absolute Gasteiger partial charge is 0.480 e. The van der Waals surface area contributed by atoms with Gasteiger partial charge in [-0.05, 0) is 31.3 Å². The Labute approximate surface area is 185 Å². The van der Waals surface area contributed by atoms with E-state index < -0.39 is 47.9 Å². The fourth-order valence-corrected chi connectivity index (χ4v) is 3.14. The molecule has 0 spiro atoms. The molecule has 3 amide bonds. The van der Waals surface area contributed by atoms with Gasteiger partial charge in [0.1, 0.15) is 18.1 Å². The van der Waals surface area contributed by atoms with Crippen LogP contribution in [0.1, 0.15) is 32.9 Å². The van der Waals surface area contributed by atoms with E-state index in [1.165, 1.54) is 19.4 Å². The number of nitrogens with zero attached hydrogens (tertiary/aromatic N) is 1. The molecule has 0 saturated carbocycles. The molecule has 1 aromatic rings. The molecule has 1 aromatic heterocycles. The first-order valence-electron chi connectivity index (χ1n) is 9.92. The van der Waals surface area contributed by atoms with E-state index in [1.54, 1.807) is 25.6 Å². The summed E-state index contributed by atoms with van der Waals surface area (Å²) in [5.41, 5.74) is 6.40. The molecule has 0 fully saturated rings. The van der Waals surface area contributed by atoms with E-state index in [4.69, 9.17) is 5.73 Å². The van der Waals surface area contributed by atoms with E-state index in [0.29, 0.717) is 17.9 Å². The smallest absolute Gasteiger partial charge is 0.326 e. The van der Waals surface area contributed by atoms with Gasteiger partial charge in [0.15, 0.2) is 0 Å². The second-order valence-corrected chi connectivity index (χ2v) is 8.51. The van der Waals surface area contributed by atoms with Gasteiger partial charge in [0.25, 0.3) is 0 Å². The number of nitrogens with one attached hydrogen (secondary N) is 4. The minimum atomic E-state index is -1.21. The third-order valence-corrected chi connectivity index (χ3v) is 5.21. The van der Waals surface area contributed by atoms with Gasteiger partial charge in [0.05, 0.1) is 12.4 Å². The Hall–Kier alpha value is -2.60. The van der Waals surface area contributed by atoms with Crippen LogP contribution in [0.15, 0.2) is 12.5 Å². The fraction of sp³-hybridized carbons (Fsp3) is 0.632. The highest BCUT2D eigenvalue weighted by Gasteiger charge is 2.30. The minimum absolute atomic E-state index is 0.0142. The van der Waals surface area contributed by atoms with Gasteiger partial charge < -0.3 is 31.8 Å². The highest BCUT2D eigenvalue weighted by molar-refractivity contribution is 7.98. The van der Waals surface area contributed by atoms with Crippen LogP contribution in [0, 0.1) is 5.92 Å². The second-order valence-electron chi connectivity index (χ2n) is 7.53. The van der Waals surface area contributed by atoms with E-state index in [-0.39, 0.29) is 12.3 Å². The van der Waals surface area contributed by atoms with Gasteiger partial charge in [-0.2, -0.15) is 11.8 Å². The van der Waals surface area contributed by atoms with E-state index in [1.807, 2.05) is 6.26 Å². The lowest BCUT2D eigenvalue weighted by Crippen LogP contribution is -2.57. The summed E-state index contributed by atoms with van der Waals surface area (Å²) in [4.78, 5) is 55.4. The van der Waals surface area contributed by atoms with E-state index >= 15 is 0 Å². The summed E-state index contributed by atoms with van der Waals surface area (Å²) in [5, 5.41) is 16.9. The maximum atomic E-state index is 12.7. The number of thioether (sulfide) groups is 1. The monoisotopic (exact) mass is 456 g/mol. The number of rotatable bonds is 13. The molecule has 7 N–H and O–H groups in total. The quantitative estimate of drug-likeness (QED) is 0.224. The van der Waals surface area contributed by atoms with Gasteiger partial charge in [-0.25, -0.2) is 9.78 Å². The number of aromatic amines is 1. The van der Waals surface area contributed by atoms with Crippen LogP contribution in [0.25, 0.3) is 0 Å². The molecule has 0 aliphatic heterocycles. The van der Waals surface area contributed by atoms with Crippen molar-refractivity contribution in [2.24, 2.45) is 11.7 Å². The highest BCUT2D eigenvalue weighted by atomic mass is 32.2. The summed E-state index contributed by atoms with van der Waals surface area (Å²) >= 11 is 1.57. The molecule has 0 aliphatic rings. The molecule has 0 radical (unpaired) electrons. The van der Waals surface area contributed by atoms with E-state index in [2.05, 4.69) is 25.9 Å². The summed E-state index contributed by atoms with van der Waals surface area (Å²) in [6, 6.07) is -3.83. The Morgan fingerprint density at radius 2 is 1.81 bits per heavy atom. The Bertz CT molecular complexity index is 742. The Morgan fingerprint density at radius 3 is 2.32 bits per heavy atom. The zero-order valence-corrected chi connectivity index (χ0v) is 19.0. The molecular formula is C19H32N6O5S. The molecular weight excluding hydrogens is 424 g/mol. The van der Waals surface area contributed by atoms with Gasteiger partial charge in [-0.15, -0.1) is 0 Å². The maximum absolute atomic E-state index is 12.7. The summed E-state index contributed by atoms with van der Waals surface area (Å²) in [6.07, 6.45) is 5.27. The van der Waals surface area contributed by atoms with Crippen LogP contribution < -0.4 is 21.7 Å². The van der Waals surface area contributed by atoms with E-state index in [0.717, 1.165) is 0 Å². The van der Waals surface area contributed by atoms with Gasteiger partial charge in [-0.1, -0.05) is 13.8 Å². The topological polar surface area (TPSA) is 179 Å². The number of nitrogens with two attached hydrogens (primary N) is 1. The van der Waals surface area contributed by atoms with Crippen LogP contribution in [0.2, 0.25) is 0 Å². The first-order valence-corrected chi connectivity index (χ1v) is 11.3. The third-order valence-electron chi connectivity index (χ3n) is 4.56. The first kappa shape index (κ1) is 26.4. The molecule has 12 heteroatoms. The van der Waals surface area contributed by atoms with E-state index in [9.17, 15) is 24.3 Å². The first-order chi connectivity index (χ1) is 14.6. The van der Waals surface area contributed by atoms with Crippen LogP contribution in [0.3, 0.4) is 0 Å². The summed E-state index contributed by atoms with van der Waals surface area (Å²) < 4.78 is 0. The average Bonchev–Trinajstić information content (AvgIpc) is 3.21. The van der Waals surface area contributed by atoms with Crippen molar-refractivity contribution in [2.45, 2.75) is 57.8 Å². The van der Waals surface area contributed by atoms with Gasteiger partial charge >= 0.3 is 5.97 Å². The lowest BCUT2D eigenvalue weighted by molar-refractivity contribution is -0.142. The SMILES string of the molecule is CSCCC(N)C(=O)NC(C(=O)NC(C)C(=O)NC(Cc1cnc[nH]1)C(=O)O)C(C)C. The molecule has 4 unspecified atom stereocenters. The summed E-state index contributed by atoms with van der Waals surface area (Å²) in [7, 11) is 0. The molecule has 0 aromatic carbocycles. The van der Waals surface area contributed by atoms with Gasteiger partial charge in [-0.3, -0.25) is 14.4 Å². The van der Waals surface area contributed by atoms with Crippen molar-refractivity contribution >= 4 is 35.5 Å². The Morgan fingerprint density at radius 1 is 1.13 bits per heavy atom. The third kappa shape index (κ3) is 8.97. The number of hydrogen-bond donors (Lipinski definition) is 6. The van der Waals surface area contributed by atoms with Crippen molar-refractivity contribution in [3.05, 3.63) is 18.2 Å². The number of aliphatic carboxylic acids is 1. The minimum Gasteiger partial charge on any atom is -0.480 e. The predicted molar refractivity (Wildman–Crippen MR) is 117 cm³/mol. The average molecular weight is 457 g/mol.